The van der Waals surface area contributed by atoms with Crippen molar-refractivity contribution in [2.75, 3.05) is 18.4 Å². The van der Waals surface area contributed by atoms with Gasteiger partial charge in [-0.05, 0) is 37.4 Å². The highest BCUT2D eigenvalue weighted by atomic mass is 19.4. The van der Waals surface area contributed by atoms with Crippen LogP contribution >= 0.6 is 0 Å². The zero-order valence-electron chi connectivity index (χ0n) is 12.8. The number of nitrogens with one attached hydrogen (secondary N) is 2. The number of piperidine rings is 1. The van der Waals surface area contributed by atoms with Gasteiger partial charge in [-0.1, -0.05) is 20.8 Å². The quantitative estimate of drug-likeness (QED) is 0.888. The fraction of sp³-hybridized carbons (Fsp3) is 0.667. The van der Waals surface area contributed by atoms with E-state index < -0.39 is 11.7 Å². The molecule has 0 saturated carbocycles. The molecule has 3 nitrogen and oxygen atoms in total. The monoisotopic (exact) mass is 303 g/mol. The molecule has 0 spiro atoms. The molecule has 1 fully saturated rings. The Labute approximate surface area is 124 Å². The molecule has 2 atom stereocenters. The third kappa shape index (κ3) is 5.53. The van der Waals surface area contributed by atoms with Gasteiger partial charge in [-0.2, -0.15) is 13.2 Å². The lowest BCUT2D eigenvalue weighted by molar-refractivity contribution is -0.137. The third-order valence-corrected chi connectivity index (χ3v) is 3.52. The van der Waals surface area contributed by atoms with E-state index in [0.29, 0.717) is 24.3 Å². The first-order chi connectivity index (χ1) is 9.97. The molecule has 0 radical (unpaired) electrons. The third-order valence-electron chi connectivity index (χ3n) is 3.52. The molecule has 21 heavy (non-hydrogen) atoms. The summed E-state index contributed by atoms with van der Waals surface area (Å²) in [5, 5.41) is 6.49. The van der Waals surface area contributed by atoms with Crippen molar-refractivity contribution in [1.29, 1.82) is 0 Å². The van der Waals surface area contributed by atoms with Crippen LogP contribution in [-0.4, -0.2) is 24.1 Å². The van der Waals surface area contributed by atoms with Crippen LogP contribution in [0.2, 0.25) is 0 Å². The van der Waals surface area contributed by atoms with Gasteiger partial charge in [0.15, 0.2) is 0 Å². The predicted octanol–water partition coefficient (Wildman–Crippen LogP) is 3.93. The molecular weight excluding hydrogens is 279 g/mol. The first kappa shape index (κ1) is 17.8. The topological polar surface area (TPSA) is 37.0 Å². The van der Waals surface area contributed by atoms with Crippen LogP contribution in [0, 0.1) is 5.92 Å². The van der Waals surface area contributed by atoms with Gasteiger partial charge in [0.05, 0.1) is 5.56 Å². The highest BCUT2D eigenvalue weighted by molar-refractivity contribution is 5.36. The van der Waals surface area contributed by atoms with Crippen molar-refractivity contribution in [2.45, 2.75) is 45.8 Å². The molecule has 120 valence electrons. The van der Waals surface area contributed by atoms with Crippen molar-refractivity contribution in [3.63, 3.8) is 0 Å². The maximum atomic E-state index is 12.4. The van der Waals surface area contributed by atoms with E-state index in [4.69, 9.17) is 0 Å². The SMILES string of the molecule is CC.CC1CCCN[C@@H]1CNc1ccc(C(F)(F)F)cn1. The predicted molar refractivity (Wildman–Crippen MR) is 79.3 cm³/mol. The minimum Gasteiger partial charge on any atom is -0.369 e. The van der Waals surface area contributed by atoms with Gasteiger partial charge in [0.25, 0.3) is 0 Å². The second-order valence-electron chi connectivity index (χ2n) is 4.99. The summed E-state index contributed by atoms with van der Waals surface area (Å²) in [6, 6.07) is 2.77. The number of hydrogen-bond donors (Lipinski definition) is 2. The van der Waals surface area contributed by atoms with Crippen molar-refractivity contribution in [3.05, 3.63) is 23.9 Å². The van der Waals surface area contributed by atoms with Gasteiger partial charge in [-0.3, -0.25) is 0 Å². The molecular formula is C15H24F3N3. The summed E-state index contributed by atoms with van der Waals surface area (Å²) < 4.78 is 37.1. The molecule has 1 unspecified atom stereocenters. The van der Waals surface area contributed by atoms with E-state index in [2.05, 4.69) is 22.5 Å². The van der Waals surface area contributed by atoms with Gasteiger partial charge >= 0.3 is 6.18 Å². The maximum absolute atomic E-state index is 12.4. The second kappa shape index (κ2) is 8.22. The van der Waals surface area contributed by atoms with Crippen molar-refractivity contribution in [2.24, 2.45) is 5.92 Å². The highest BCUT2D eigenvalue weighted by Gasteiger charge is 2.30. The lowest BCUT2D eigenvalue weighted by atomic mass is 9.93. The van der Waals surface area contributed by atoms with Crippen LogP contribution in [0.1, 0.15) is 39.2 Å². The number of hydrogen-bond acceptors (Lipinski definition) is 3. The Bertz CT molecular complexity index is 404. The molecule has 2 N–H and O–H groups in total. The van der Waals surface area contributed by atoms with E-state index in [1.165, 1.54) is 18.9 Å². The normalized spacial score (nSPS) is 22.2. The fourth-order valence-corrected chi connectivity index (χ4v) is 2.27. The Kier molecular flexibility index (Phi) is 6.95. The van der Waals surface area contributed by atoms with E-state index in [1.54, 1.807) is 0 Å². The molecule has 0 bridgehead atoms. The Morgan fingerprint density at radius 1 is 1.33 bits per heavy atom. The molecule has 0 aromatic carbocycles. The molecule has 6 heteroatoms. The Balaban J connectivity index is 0.00000106. The average molecular weight is 303 g/mol. The van der Waals surface area contributed by atoms with Crippen LogP contribution < -0.4 is 10.6 Å². The molecule has 0 amide bonds. The van der Waals surface area contributed by atoms with Gasteiger partial charge in [0.2, 0.25) is 0 Å². The summed E-state index contributed by atoms with van der Waals surface area (Å²) in [6.07, 6.45) is -1.11. The van der Waals surface area contributed by atoms with E-state index in [1.807, 2.05) is 13.8 Å². The summed E-state index contributed by atoms with van der Waals surface area (Å²) in [4.78, 5) is 3.80. The zero-order chi connectivity index (χ0) is 15.9. The first-order valence-electron chi connectivity index (χ1n) is 7.47. The highest BCUT2D eigenvalue weighted by Crippen LogP contribution is 2.28. The molecule has 1 aliphatic rings. The van der Waals surface area contributed by atoms with E-state index in [9.17, 15) is 13.2 Å². The minimum atomic E-state index is -4.33. The van der Waals surface area contributed by atoms with Gasteiger partial charge in [-0.25, -0.2) is 4.98 Å². The fourth-order valence-electron chi connectivity index (χ4n) is 2.27. The van der Waals surface area contributed by atoms with E-state index >= 15 is 0 Å². The number of pyridine rings is 1. The van der Waals surface area contributed by atoms with Gasteiger partial charge in [0, 0.05) is 18.8 Å². The lowest BCUT2D eigenvalue weighted by Gasteiger charge is -2.30. The maximum Gasteiger partial charge on any atom is 0.417 e. The van der Waals surface area contributed by atoms with Crippen molar-refractivity contribution < 1.29 is 13.2 Å². The first-order valence-corrected chi connectivity index (χ1v) is 7.47. The number of alkyl halides is 3. The molecule has 2 rings (SSSR count). The zero-order valence-corrected chi connectivity index (χ0v) is 12.8. The van der Waals surface area contributed by atoms with Crippen molar-refractivity contribution in [1.82, 2.24) is 10.3 Å². The van der Waals surface area contributed by atoms with Crippen LogP contribution in [-0.2, 0) is 6.18 Å². The van der Waals surface area contributed by atoms with Gasteiger partial charge < -0.3 is 10.6 Å². The minimum absolute atomic E-state index is 0.345. The Hall–Kier alpha value is -1.30. The molecule has 2 heterocycles. The standard InChI is InChI=1S/C13H18F3N3.C2H6/c1-9-3-2-6-17-11(9)8-19-12-5-4-10(7-18-12)13(14,15)16;1-2/h4-5,7,9,11,17H,2-3,6,8H2,1H3,(H,18,19);1-2H3/t9?,11-;/m1./s1. The second-order valence-corrected chi connectivity index (χ2v) is 4.99. The molecule has 1 aliphatic heterocycles. The summed E-state index contributed by atoms with van der Waals surface area (Å²) in [5.74, 6) is 1.04. The summed E-state index contributed by atoms with van der Waals surface area (Å²) in [7, 11) is 0. The van der Waals surface area contributed by atoms with Gasteiger partial charge in [-0.15, -0.1) is 0 Å². The molecule has 0 aliphatic carbocycles. The summed E-state index contributed by atoms with van der Waals surface area (Å²) in [5.41, 5.74) is -0.720. The number of rotatable bonds is 3. The number of anilines is 1. The van der Waals surface area contributed by atoms with Crippen molar-refractivity contribution in [3.8, 4) is 0 Å². The largest absolute Gasteiger partial charge is 0.417 e. The number of nitrogens with zero attached hydrogens (tertiary/aromatic N) is 1. The van der Waals surface area contributed by atoms with Crippen LogP contribution in [0.15, 0.2) is 18.3 Å². The van der Waals surface area contributed by atoms with E-state index in [-0.39, 0.29) is 0 Å². The van der Waals surface area contributed by atoms with Crippen LogP contribution in [0.4, 0.5) is 19.0 Å². The molecule has 1 aromatic heterocycles. The average Bonchev–Trinajstić information content (AvgIpc) is 2.48. The van der Waals surface area contributed by atoms with Crippen LogP contribution in [0.3, 0.4) is 0 Å². The Morgan fingerprint density at radius 3 is 2.57 bits per heavy atom. The summed E-state index contributed by atoms with van der Waals surface area (Å²) >= 11 is 0. The summed E-state index contributed by atoms with van der Waals surface area (Å²) in [6.45, 7) is 7.86. The van der Waals surface area contributed by atoms with E-state index in [0.717, 1.165) is 18.8 Å². The van der Waals surface area contributed by atoms with Crippen LogP contribution in [0.25, 0.3) is 0 Å². The van der Waals surface area contributed by atoms with Crippen LogP contribution in [0.5, 0.6) is 0 Å². The smallest absolute Gasteiger partial charge is 0.369 e. The number of halogens is 3. The Morgan fingerprint density at radius 2 is 2.05 bits per heavy atom. The molecule has 1 aromatic rings. The molecule has 1 saturated heterocycles. The van der Waals surface area contributed by atoms with Gasteiger partial charge in [0.1, 0.15) is 5.82 Å². The van der Waals surface area contributed by atoms with Crippen molar-refractivity contribution >= 4 is 5.82 Å². The lowest BCUT2D eigenvalue weighted by Crippen LogP contribution is -2.44. The number of aromatic nitrogens is 1.